The molecular weight excluding hydrogens is 224 g/mol. The zero-order valence-electron chi connectivity index (χ0n) is 12.7. The first-order valence-electron chi connectivity index (χ1n) is 7.56. The molecule has 0 amide bonds. The van der Waals surface area contributed by atoms with Crippen LogP contribution in [-0.2, 0) is 4.74 Å². The van der Waals surface area contributed by atoms with Gasteiger partial charge in [-0.25, -0.2) is 0 Å². The van der Waals surface area contributed by atoms with Crippen molar-refractivity contribution in [2.75, 3.05) is 40.9 Å². The quantitative estimate of drug-likeness (QED) is 0.721. The topological polar surface area (TPSA) is 24.5 Å². The third kappa shape index (κ3) is 5.25. The molecule has 0 aromatic rings. The summed E-state index contributed by atoms with van der Waals surface area (Å²) in [5.41, 5.74) is 0. The van der Waals surface area contributed by atoms with Crippen molar-refractivity contribution in [3.8, 4) is 0 Å². The maximum atomic E-state index is 5.16. The molecule has 3 atom stereocenters. The van der Waals surface area contributed by atoms with E-state index in [1.54, 1.807) is 7.11 Å². The van der Waals surface area contributed by atoms with E-state index >= 15 is 0 Å². The molecule has 108 valence electrons. The highest BCUT2D eigenvalue weighted by atomic mass is 16.5. The van der Waals surface area contributed by atoms with Crippen LogP contribution in [0, 0.1) is 11.8 Å². The molecule has 1 aliphatic carbocycles. The summed E-state index contributed by atoms with van der Waals surface area (Å²) in [6, 6.07) is 0.711. The van der Waals surface area contributed by atoms with Crippen molar-refractivity contribution < 1.29 is 4.74 Å². The molecule has 1 aliphatic rings. The van der Waals surface area contributed by atoms with E-state index in [4.69, 9.17) is 4.74 Å². The molecule has 0 spiro atoms. The van der Waals surface area contributed by atoms with E-state index in [0.717, 1.165) is 25.0 Å². The fourth-order valence-corrected chi connectivity index (χ4v) is 3.35. The summed E-state index contributed by atoms with van der Waals surface area (Å²) >= 11 is 0. The first-order chi connectivity index (χ1) is 8.71. The Hall–Kier alpha value is -0.120. The van der Waals surface area contributed by atoms with Crippen LogP contribution in [0.2, 0.25) is 0 Å². The Morgan fingerprint density at radius 3 is 2.72 bits per heavy atom. The summed E-state index contributed by atoms with van der Waals surface area (Å²) in [5.74, 6) is 1.77. The third-order valence-electron chi connectivity index (χ3n) is 4.38. The third-order valence-corrected chi connectivity index (χ3v) is 4.38. The maximum Gasteiger partial charge on any atom is 0.0589 e. The summed E-state index contributed by atoms with van der Waals surface area (Å²) < 4.78 is 5.16. The van der Waals surface area contributed by atoms with E-state index in [1.807, 2.05) is 0 Å². The molecule has 0 aliphatic heterocycles. The number of rotatable bonds is 8. The molecule has 3 nitrogen and oxygen atoms in total. The molecule has 1 saturated carbocycles. The van der Waals surface area contributed by atoms with Crippen LogP contribution in [0.1, 0.15) is 39.0 Å². The molecule has 3 heteroatoms. The highest BCUT2D eigenvalue weighted by Gasteiger charge is 2.29. The van der Waals surface area contributed by atoms with Gasteiger partial charge in [-0.1, -0.05) is 19.8 Å². The second kappa shape index (κ2) is 8.89. The van der Waals surface area contributed by atoms with Gasteiger partial charge in [0.25, 0.3) is 0 Å². The molecule has 1 N–H and O–H groups in total. The highest BCUT2D eigenvalue weighted by Crippen LogP contribution is 2.32. The number of likely N-dealkylation sites (N-methyl/N-ethyl adjacent to an activating group) is 1. The number of hydrogen-bond donors (Lipinski definition) is 1. The first-order valence-corrected chi connectivity index (χ1v) is 7.56. The SMILES string of the molecule is CCCC1CCC(NC)C(CN(C)CCOC)C1. The van der Waals surface area contributed by atoms with E-state index in [-0.39, 0.29) is 0 Å². The standard InChI is InChI=1S/C15H32N2O/c1-5-6-13-7-8-15(16-2)14(11-13)12-17(3)9-10-18-4/h13-16H,5-12H2,1-4H3. The van der Waals surface area contributed by atoms with Crippen LogP contribution < -0.4 is 5.32 Å². The van der Waals surface area contributed by atoms with Crippen molar-refractivity contribution in [1.29, 1.82) is 0 Å². The maximum absolute atomic E-state index is 5.16. The van der Waals surface area contributed by atoms with Crippen molar-refractivity contribution in [3.63, 3.8) is 0 Å². The molecule has 0 saturated heterocycles. The summed E-state index contributed by atoms with van der Waals surface area (Å²) in [5, 5.41) is 3.52. The van der Waals surface area contributed by atoms with E-state index in [0.29, 0.717) is 6.04 Å². The zero-order valence-corrected chi connectivity index (χ0v) is 12.7. The van der Waals surface area contributed by atoms with Crippen LogP contribution in [0.25, 0.3) is 0 Å². The van der Waals surface area contributed by atoms with Gasteiger partial charge in [0.1, 0.15) is 0 Å². The summed E-state index contributed by atoms with van der Waals surface area (Å²) in [6.45, 7) is 5.40. The fourth-order valence-electron chi connectivity index (χ4n) is 3.35. The summed E-state index contributed by atoms with van der Waals surface area (Å²) in [4.78, 5) is 2.42. The molecule has 1 rings (SSSR count). The Morgan fingerprint density at radius 2 is 2.11 bits per heavy atom. The molecule has 1 fully saturated rings. The predicted octanol–water partition coefficient (Wildman–Crippen LogP) is 2.37. The van der Waals surface area contributed by atoms with Crippen molar-refractivity contribution in [2.24, 2.45) is 11.8 Å². The lowest BCUT2D eigenvalue weighted by Gasteiger charge is -2.38. The van der Waals surface area contributed by atoms with Crippen LogP contribution in [0.4, 0.5) is 0 Å². The molecule has 0 heterocycles. The van der Waals surface area contributed by atoms with Gasteiger partial charge in [0.15, 0.2) is 0 Å². The minimum atomic E-state index is 0.711. The van der Waals surface area contributed by atoms with E-state index in [1.165, 1.54) is 38.6 Å². The van der Waals surface area contributed by atoms with Crippen LogP contribution in [-0.4, -0.2) is 51.8 Å². The van der Waals surface area contributed by atoms with Gasteiger partial charge in [0.05, 0.1) is 6.61 Å². The number of methoxy groups -OCH3 is 1. The molecule has 0 bridgehead atoms. The van der Waals surface area contributed by atoms with Crippen molar-refractivity contribution in [2.45, 2.75) is 45.1 Å². The van der Waals surface area contributed by atoms with Crippen molar-refractivity contribution in [3.05, 3.63) is 0 Å². The lowest BCUT2D eigenvalue weighted by Crippen LogP contribution is -2.44. The Labute approximate surface area is 113 Å². The molecule has 0 aromatic heterocycles. The van der Waals surface area contributed by atoms with Gasteiger partial charge in [-0.15, -0.1) is 0 Å². The molecule has 3 unspecified atom stereocenters. The predicted molar refractivity (Wildman–Crippen MR) is 78.0 cm³/mol. The largest absolute Gasteiger partial charge is 0.383 e. The van der Waals surface area contributed by atoms with Crippen LogP contribution in [0.5, 0.6) is 0 Å². The second-order valence-electron chi connectivity index (χ2n) is 5.88. The highest BCUT2D eigenvalue weighted by molar-refractivity contribution is 4.85. The van der Waals surface area contributed by atoms with Gasteiger partial charge in [0.2, 0.25) is 0 Å². The van der Waals surface area contributed by atoms with Crippen molar-refractivity contribution >= 4 is 0 Å². The Morgan fingerprint density at radius 1 is 1.33 bits per heavy atom. The normalized spacial score (nSPS) is 28.8. The molecule has 0 aromatic carbocycles. The van der Waals surface area contributed by atoms with E-state index in [9.17, 15) is 0 Å². The Kier molecular flexibility index (Phi) is 7.87. The molecular formula is C15H32N2O. The van der Waals surface area contributed by atoms with Gasteiger partial charge in [-0.3, -0.25) is 0 Å². The summed E-state index contributed by atoms with van der Waals surface area (Å²) in [6.07, 6.45) is 6.91. The number of nitrogens with zero attached hydrogens (tertiary/aromatic N) is 1. The van der Waals surface area contributed by atoms with Crippen LogP contribution in [0.3, 0.4) is 0 Å². The second-order valence-corrected chi connectivity index (χ2v) is 5.88. The minimum Gasteiger partial charge on any atom is -0.383 e. The monoisotopic (exact) mass is 256 g/mol. The van der Waals surface area contributed by atoms with Gasteiger partial charge >= 0.3 is 0 Å². The van der Waals surface area contributed by atoms with Crippen molar-refractivity contribution in [1.82, 2.24) is 10.2 Å². The smallest absolute Gasteiger partial charge is 0.0589 e. The van der Waals surface area contributed by atoms with E-state index in [2.05, 4.69) is 31.2 Å². The van der Waals surface area contributed by atoms with E-state index < -0.39 is 0 Å². The lowest BCUT2D eigenvalue weighted by atomic mass is 9.76. The first kappa shape index (κ1) is 15.9. The van der Waals surface area contributed by atoms with Gasteiger partial charge in [-0.2, -0.15) is 0 Å². The Bertz CT molecular complexity index is 211. The summed E-state index contributed by atoms with van der Waals surface area (Å²) in [7, 11) is 6.12. The number of nitrogens with one attached hydrogen (secondary N) is 1. The molecule has 0 radical (unpaired) electrons. The van der Waals surface area contributed by atoms with Crippen LogP contribution in [0.15, 0.2) is 0 Å². The van der Waals surface area contributed by atoms with Gasteiger partial charge in [0, 0.05) is 26.2 Å². The fraction of sp³-hybridized carbons (Fsp3) is 1.00. The number of hydrogen-bond acceptors (Lipinski definition) is 3. The van der Waals surface area contributed by atoms with Gasteiger partial charge < -0.3 is 15.0 Å². The van der Waals surface area contributed by atoms with Crippen LogP contribution >= 0.6 is 0 Å². The Balaban J connectivity index is 2.41. The lowest BCUT2D eigenvalue weighted by molar-refractivity contribution is 0.122. The average Bonchev–Trinajstić information content (AvgIpc) is 2.37. The van der Waals surface area contributed by atoms with Gasteiger partial charge in [-0.05, 0) is 45.2 Å². The average molecular weight is 256 g/mol. The minimum absolute atomic E-state index is 0.711. The molecule has 18 heavy (non-hydrogen) atoms. The zero-order chi connectivity index (χ0) is 13.4. The number of ether oxygens (including phenoxy) is 1.